The number of nitriles is 1. The number of likely N-dealkylation sites (N-methyl/N-ethyl adjacent to an activating group) is 1. The van der Waals surface area contributed by atoms with Crippen LogP contribution in [0.3, 0.4) is 0 Å². The first kappa shape index (κ1) is 14.2. The third kappa shape index (κ3) is 3.05. The van der Waals surface area contributed by atoms with Crippen molar-refractivity contribution in [3.8, 4) is 6.07 Å². The normalized spacial score (nSPS) is 18.6. The summed E-state index contributed by atoms with van der Waals surface area (Å²) in [6.45, 7) is 4.16. The molecule has 0 spiro atoms. The standard InChI is InChI=1S/C15H21N3S/c1-3-19-15-8-4-7-14(13(15)10-16)18-9-5-6-12(18)11-17-2/h4,7-8,12,17H,3,5-6,9,11H2,1-2H3. The second kappa shape index (κ2) is 6.83. The van der Waals surface area contributed by atoms with Crippen molar-refractivity contribution in [2.75, 3.05) is 30.8 Å². The van der Waals surface area contributed by atoms with Crippen molar-refractivity contribution in [1.29, 1.82) is 5.26 Å². The highest BCUT2D eigenvalue weighted by atomic mass is 32.2. The molecule has 4 heteroatoms. The molecule has 1 aliphatic rings. The molecule has 1 aliphatic heterocycles. The zero-order chi connectivity index (χ0) is 13.7. The molecular formula is C15H21N3S. The molecule has 1 atom stereocenters. The number of anilines is 1. The number of hydrogen-bond acceptors (Lipinski definition) is 4. The number of benzene rings is 1. The Balaban J connectivity index is 2.33. The van der Waals surface area contributed by atoms with Gasteiger partial charge >= 0.3 is 0 Å². The summed E-state index contributed by atoms with van der Waals surface area (Å²) in [5, 5.41) is 12.8. The van der Waals surface area contributed by atoms with Crippen molar-refractivity contribution in [2.45, 2.75) is 30.7 Å². The van der Waals surface area contributed by atoms with E-state index in [1.54, 1.807) is 11.8 Å². The van der Waals surface area contributed by atoms with Crippen LogP contribution in [0.5, 0.6) is 0 Å². The van der Waals surface area contributed by atoms with Crippen molar-refractivity contribution in [3.05, 3.63) is 23.8 Å². The molecule has 1 aromatic carbocycles. The van der Waals surface area contributed by atoms with Crippen molar-refractivity contribution in [3.63, 3.8) is 0 Å². The van der Waals surface area contributed by atoms with Gasteiger partial charge in [-0.3, -0.25) is 0 Å². The summed E-state index contributed by atoms with van der Waals surface area (Å²) >= 11 is 1.75. The number of nitrogens with zero attached hydrogens (tertiary/aromatic N) is 2. The average Bonchev–Trinajstić information content (AvgIpc) is 2.87. The first-order valence-electron chi connectivity index (χ1n) is 6.89. The van der Waals surface area contributed by atoms with E-state index >= 15 is 0 Å². The molecule has 1 saturated heterocycles. The highest BCUT2D eigenvalue weighted by Gasteiger charge is 2.26. The van der Waals surface area contributed by atoms with E-state index in [0.29, 0.717) is 6.04 Å². The Morgan fingerprint density at radius 2 is 2.37 bits per heavy atom. The quantitative estimate of drug-likeness (QED) is 0.839. The summed E-state index contributed by atoms with van der Waals surface area (Å²) in [6, 6.07) is 9.14. The fourth-order valence-corrected chi connectivity index (χ4v) is 3.53. The van der Waals surface area contributed by atoms with Crippen LogP contribution >= 0.6 is 11.8 Å². The topological polar surface area (TPSA) is 39.1 Å². The third-order valence-electron chi connectivity index (χ3n) is 3.54. The number of rotatable bonds is 5. The first-order valence-corrected chi connectivity index (χ1v) is 7.87. The molecule has 1 heterocycles. The highest BCUT2D eigenvalue weighted by molar-refractivity contribution is 7.99. The molecule has 2 rings (SSSR count). The van der Waals surface area contributed by atoms with Crippen LogP contribution < -0.4 is 10.2 Å². The smallest absolute Gasteiger partial charge is 0.103 e. The van der Waals surface area contributed by atoms with Crippen LogP contribution in [0.2, 0.25) is 0 Å². The van der Waals surface area contributed by atoms with Crippen LogP contribution in [0.4, 0.5) is 5.69 Å². The fraction of sp³-hybridized carbons (Fsp3) is 0.533. The predicted molar refractivity (Wildman–Crippen MR) is 81.8 cm³/mol. The number of hydrogen-bond donors (Lipinski definition) is 1. The second-order valence-corrected chi connectivity index (χ2v) is 6.05. The van der Waals surface area contributed by atoms with E-state index in [1.807, 2.05) is 7.05 Å². The maximum absolute atomic E-state index is 9.50. The molecular weight excluding hydrogens is 254 g/mol. The second-order valence-electron chi connectivity index (χ2n) is 4.74. The van der Waals surface area contributed by atoms with E-state index < -0.39 is 0 Å². The minimum atomic E-state index is 0.513. The molecule has 0 saturated carbocycles. The third-order valence-corrected chi connectivity index (χ3v) is 4.48. The van der Waals surface area contributed by atoms with Gasteiger partial charge in [0, 0.05) is 24.0 Å². The predicted octanol–water partition coefficient (Wildman–Crippen LogP) is 2.86. The number of nitrogens with one attached hydrogen (secondary N) is 1. The molecule has 3 nitrogen and oxygen atoms in total. The lowest BCUT2D eigenvalue weighted by Crippen LogP contribution is -2.37. The molecule has 0 aromatic heterocycles. The maximum Gasteiger partial charge on any atom is 0.103 e. The van der Waals surface area contributed by atoms with Crippen molar-refractivity contribution in [1.82, 2.24) is 5.32 Å². The van der Waals surface area contributed by atoms with Crippen molar-refractivity contribution >= 4 is 17.4 Å². The molecule has 1 N–H and O–H groups in total. The molecule has 0 radical (unpaired) electrons. The molecule has 1 aromatic rings. The molecule has 19 heavy (non-hydrogen) atoms. The summed E-state index contributed by atoms with van der Waals surface area (Å²) in [7, 11) is 1.99. The summed E-state index contributed by atoms with van der Waals surface area (Å²) in [5.74, 6) is 0.998. The van der Waals surface area contributed by atoms with E-state index in [4.69, 9.17) is 0 Å². The fourth-order valence-electron chi connectivity index (χ4n) is 2.75. The lowest BCUT2D eigenvalue weighted by atomic mass is 10.1. The molecule has 1 fully saturated rings. The Kier molecular flexibility index (Phi) is 5.12. The van der Waals surface area contributed by atoms with E-state index in [9.17, 15) is 5.26 Å². The van der Waals surface area contributed by atoms with Crippen LogP contribution in [-0.2, 0) is 0 Å². The van der Waals surface area contributed by atoms with Gasteiger partial charge < -0.3 is 10.2 Å². The lowest BCUT2D eigenvalue weighted by molar-refractivity contribution is 0.615. The van der Waals surface area contributed by atoms with Gasteiger partial charge in [0.05, 0.1) is 11.3 Å². The van der Waals surface area contributed by atoms with Crippen LogP contribution in [0.25, 0.3) is 0 Å². The van der Waals surface area contributed by atoms with Gasteiger partial charge in [0.25, 0.3) is 0 Å². The lowest BCUT2D eigenvalue weighted by Gasteiger charge is -2.28. The SMILES string of the molecule is CCSc1cccc(N2CCCC2CNC)c1C#N. The zero-order valence-corrected chi connectivity index (χ0v) is 12.5. The summed E-state index contributed by atoms with van der Waals surface area (Å²) < 4.78 is 0. The molecule has 102 valence electrons. The Hall–Kier alpha value is -1.18. The molecule has 0 bridgehead atoms. The molecule has 1 unspecified atom stereocenters. The number of thioether (sulfide) groups is 1. The van der Waals surface area contributed by atoms with E-state index in [2.05, 4.69) is 41.4 Å². The summed E-state index contributed by atoms with van der Waals surface area (Å²) in [6.07, 6.45) is 2.42. The molecule has 0 amide bonds. The Labute approximate surface area is 120 Å². The van der Waals surface area contributed by atoms with Crippen LogP contribution in [0.1, 0.15) is 25.3 Å². The summed E-state index contributed by atoms with van der Waals surface area (Å²) in [4.78, 5) is 3.51. The van der Waals surface area contributed by atoms with Crippen LogP contribution in [0, 0.1) is 11.3 Å². The van der Waals surface area contributed by atoms with Gasteiger partial charge in [0.2, 0.25) is 0 Å². The highest BCUT2D eigenvalue weighted by Crippen LogP contribution is 2.33. The van der Waals surface area contributed by atoms with Crippen LogP contribution in [-0.4, -0.2) is 31.9 Å². The Morgan fingerprint density at radius 3 is 3.05 bits per heavy atom. The Morgan fingerprint density at radius 1 is 1.53 bits per heavy atom. The van der Waals surface area contributed by atoms with E-state index in [-0.39, 0.29) is 0 Å². The molecule has 0 aliphatic carbocycles. The van der Waals surface area contributed by atoms with Crippen molar-refractivity contribution < 1.29 is 0 Å². The van der Waals surface area contributed by atoms with Crippen LogP contribution in [0.15, 0.2) is 23.1 Å². The Bertz CT molecular complexity index is 467. The minimum Gasteiger partial charge on any atom is -0.366 e. The van der Waals surface area contributed by atoms with Gasteiger partial charge in [-0.15, -0.1) is 11.8 Å². The summed E-state index contributed by atoms with van der Waals surface area (Å²) in [5.41, 5.74) is 1.95. The maximum atomic E-state index is 9.50. The zero-order valence-electron chi connectivity index (χ0n) is 11.6. The van der Waals surface area contributed by atoms with Gasteiger partial charge in [-0.05, 0) is 37.8 Å². The van der Waals surface area contributed by atoms with Gasteiger partial charge in [-0.25, -0.2) is 0 Å². The van der Waals surface area contributed by atoms with Gasteiger partial charge in [-0.2, -0.15) is 5.26 Å². The van der Waals surface area contributed by atoms with Gasteiger partial charge in [0.1, 0.15) is 6.07 Å². The van der Waals surface area contributed by atoms with Crippen molar-refractivity contribution in [2.24, 2.45) is 0 Å². The first-order chi connectivity index (χ1) is 9.31. The van der Waals surface area contributed by atoms with E-state index in [1.165, 1.54) is 12.8 Å². The van der Waals surface area contributed by atoms with Gasteiger partial charge in [-0.1, -0.05) is 13.0 Å². The van der Waals surface area contributed by atoms with Gasteiger partial charge in [0.15, 0.2) is 0 Å². The average molecular weight is 275 g/mol. The largest absolute Gasteiger partial charge is 0.366 e. The minimum absolute atomic E-state index is 0.513. The van der Waals surface area contributed by atoms with E-state index in [0.717, 1.165) is 35.0 Å². The monoisotopic (exact) mass is 275 g/mol.